The van der Waals surface area contributed by atoms with E-state index in [2.05, 4.69) is 26.9 Å². The molecule has 3 aromatic rings. The quantitative estimate of drug-likeness (QED) is 0.338. The summed E-state index contributed by atoms with van der Waals surface area (Å²) in [5.74, 6) is 2.43. The normalized spacial score (nSPS) is 10.4. The van der Waals surface area contributed by atoms with Crippen LogP contribution >= 0.6 is 11.8 Å². The van der Waals surface area contributed by atoms with Crippen LogP contribution in [0.2, 0.25) is 0 Å². The Balaban J connectivity index is 0.00000300. The number of halogens is 1. The Bertz CT molecular complexity index is 863. The number of tetrazole rings is 1. The van der Waals surface area contributed by atoms with Crippen LogP contribution in [0.15, 0.2) is 53.7 Å². The molecule has 0 atom stereocenters. The van der Waals surface area contributed by atoms with Crippen molar-refractivity contribution in [1.82, 2.24) is 25.5 Å². The molecule has 0 bridgehead atoms. The van der Waals surface area contributed by atoms with Gasteiger partial charge in [-0.1, -0.05) is 48.2 Å². The predicted octanol–water partition coefficient (Wildman–Crippen LogP) is 0.0737. The maximum absolute atomic E-state index is 5.96. The van der Waals surface area contributed by atoms with E-state index in [1.165, 1.54) is 0 Å². The van der Waals surface area contributed by atoms with E-state index < -0.39 is 0 Å². The highest BCUT2D eigenvalue weighted by atomic mass is 35.5. The van der Waals surface area contributed by atoms with Crippen molar-refractivity contribution in [3.8, 4) is 11.5 Å². The molecule has 0 amide bonds. The van der Waals surface area contributed by atoms with Crippen LogP contribution in [0.3, 0.4) is 0 Å². The van der Waals surface area contributed by atoms with E-state index in [1.54, 1.807) is 16.4 Å². The van der Waals surface area contributed by atoms with Crippen molar-refractivity contribution in [2.24, 2.45) is 7.05 Å². The second-order valence-electron chi connectivity index (χ2n) is 6.10. The third-order valence-corrected chi connectivity index (χ3v) is 4.98. The fourth-order valence-corrected chi connectivity index (χ4v) is 3.32. The number of ether oxygens (including phenoxy) is 2. The molecule has 0 aliphatic carbocycles. The van der Waals surface area contributed by atoms with Crippen molar-refractivity contribution in [2.45, 2.75) is 25.2 Å². The lowest BCUT2D eigenvalue weighted by molar-refractivity contribution is -0.00000672. The van der Waals surface area contributed by atoms with Crippen molar-refractivity contribution in [2.75, 3.05) is 18.9 Å². The minimum Gasteiger partial charge on any atom is -1.00 e. The van der Waals surface area contributed by atoms with Gasteiger partial charge in [-0.15, -0.1) is 5.10 Å². The summed E-state index contributed by atoms with van der Waals surface area (Å²) in [6, 6.07) is 16.2. The van der Waals surface area contributed by atoms with Gasteiger partial charge in [0.2, 0.25) is 5.16 Å². The lowest BCUT2D eigenvalue weighted by atomic mass is 10.2. The van der Waals surface area contributed by atoms with Gasteiger partial charge in [0.05, 0.1) is 6.61 Å². The van der Waals surface area contributed by atoms with Gasteiger partial charge >= 0.3 is 0 Å². The first-order valence-corrected chi connectivity index (χ1v) is 10.2. The summed E-state index contributed by atoms with van der Waals surface area (Å²) in [6.07, 6.45) is 0. The number of nitrogens with zero attached hydrogens (tertiary/aromatic N) is 4. The molecule has 3 rings (SSSR count). The summed E-state index contributed by atoms with van der Waals surface area (Å²) in [6.45, 7) is 4.71. The van der Waals surface area contributed by atoms with Crippen LogP contribution in [0.5, 0.6) is 11.5 Å². The lowest BCUT2D eigenvalue weighted by Gasteiger charge is -2.14. The molecular formula is C20H25ClN5O2S-. The molecule has 0 aliphatic rings. The molecule has 7 nitrogen and oxygen atoms in total. The number of aromatic nitrogens is 4. The monoisotopic (exact) mass is 434 g/mol. The Morgan fingerprint density at radius 2 is 1.86 bits per heavy atom. The Labute approximate surface area is 181 Å². The Morgan fingerprint density at radius 3 is 2.59 bits per heavy atom. The molecule has 0 saturated carbocycles. The molecule has 0 unspecified atom stereocenters. The molecule has 1 heterocycles. The van der Waals surface area contributed by atoms with Gasteiger partial charge in [0.25, 0.3) is 0 Å². The van der Waals surface area contributed by atoms with Crippen LogP contribution in [0.1, 0.15) is 18.1 Å². The van der Waals surface area contributed by atoms with Crippen molar-refractivity contribution in [1.29, 1.82) is 0 Å². The van der Waals surface area contributed by atoms with Crippen molar-refractivity contribution >= 4 is 11.8 Å². The third-order valence-electron chi connectivity index (χ3n) is 3.97. The first-order valence-electron chi connectivity index (χ1n) is 9.24. The highest BCUT2D eigenvalue weighted by Gasteiger charge is 2.07. The Hall–Kier alpha value is -2.29. The first-order chi connectivity index (χ1) is 13.8. The number of aryl methyl sites for hydroxylation is 1. The number of rotatable bonds is 11. The van der Waals surface area contributed by atoms with E-state index in [9.17, 15) is 0 Å². The molecule has 29 heavy (non-hydrogen) atoms. The molecule has 0 fully saturated rings. The average Bonchev–Trinajstić information content (AvgIpc) is 3.13. The third kappa shape index (κ3) is 7.23. The van der Waals surface area contributed by atoms with Gasteiger partial charge in [-0.05, 0) is 40.6 Å². The summed E-state index contributed by atoms with van der Waals surface area (Å²) in [4.78, 5) is 0. The summed E-state index contributed by atoms with van der Waals surface area (Å²) in [7, 11) is 1.84. The first kappa shape index (κ1) is 23.0. The van der Waals surface area contributed by atoms with Crippen LogP contribution < -0.4 is 27.2 Å². The molecule has 0 aliphatic heterocycles. The van der Waals surface area contributed by atoms with E-state index in [1.807, 2.05) is 56.4 Å². The van der Waals surface area contributed by atoms with Gasteiger partial charge in [0.15, 0.2) is 11.5 Å². The van der Waals surface area contributed by atoms with Crippen LogP contribution in [0, 0.1) is 0 Å². The molecule has 0 saturated heterocycles. The zero-order chi connectivity index (χ0) is 19.6. The second-order valence-corrected chi connectivity index (χ2v) is 7.16. The van der Waals surface area contributed by atoms with Gasteiger partial charge in [-0.3, -0.25) is 0 Å². The molecule has 0 radical (unpaired) electrons. The van der Waals surface area contributed by atoms with Crippen LogP contribution in [0.25, 0.3) is 0 Å². The SMILES string of the molecule is CCOc1cc(CNCCSc2nnnn2C)ccc1OCc1ccccc1.[Cl-]. The molecule has 9 heteroatoms. The van der Waals surface area contributed by atoms with Gasteiger partial charge in [0, 0.05) is 25.9 Å². The van der Waals surface area contributed by atoms with Crippen LogP contribution in [0.4, 0.5) is 0 Å². The summed E-state index contributed by atoms with van der Waals surface area (Å²) in [5.41, 5.74) is 2.28. The largest absolute Gasteiger partial charge is 1.00 e. The number of hydrogen-bond donors (Lipinski definition) is 1. The lowest BCUT2D eigenvalue weighted by Crippen LogP contribution is -3.00. The number of thioether (sulfide) groups is 1. The van der Waals surface area contributed by atoms with E-state index >= 15 is 0 Å². The van der Waals surface area contributed by atoms with E-state index in [0.29, 0.717) is 13.2 Å². The van der Waals surface area contributed by atoms with Crippen molar-refractivity contribution < 1.29 is 21.9 Å². The zero-order valence-corrected chi connectivity index (χ0v) is 18.1. The molecule has 156 valence electrons. The number of nitrogens with one attached hydrogen (secondary N) is 1. The second kappa shape index (κ2) is 12.3. The van der Waals surface area contributed by atoms with Gasteiger partial charge < -0.3 is 27.2 Å². The van der Waals surface area contributed by atoms with Crippen molar-refractivity contribution in [3.05, 3.63) is 59.7 Å². The summed E-state index contributed by atoms with van der Waals surface area (Å²) in [5, 5.41) is 15.7. The number of hydrogen-bond acceptors (Lipinski definition) is 7. The predicted molar refractivity (Wildman–Crippen MR) is 110 cm³/mol. The number of benzene rings is 2. The van der Waals surface area contributed by atoms with Gasteiger partial charge in [-0.25, -0.2) is 4.68 Å². The zero-order valence-electron chi connectivity index (χ0n) is 16.5. The molecular weight excluding hydrogens is 410 g/mol. The van der Waals surface area contributed by atoms with Crippen LogP contribution in [-0.2, 0) is 20.2 Å². The van der Waals surface area contributed by atoms with E-state index in [0.717, 1.165) is 46.6 Å². The van der Waals surface area contributed by atoms with E-state index in [-0.39, 0.29) is 12.4 Å². The summed E-state index contributed by atoms with van der Waals surface area (Å²) < 4.78 is 13.4. The standard InChI is InChI=1S/C20H25N5O2S.ClH/c1-3-26-19-13-17(14-21-11-12-28-20-22-23-24-25(20)2)9-10-18(19)27-15-16-7-5-4-6-8-16;/h4-10,13,21H,3,11-12,14-15H2,1-2H3;1H/p-1. The maximum Gasteiger partial charge on any atom is 0.209 e. The molecule has 1 aromatic heterocycles. The maximum atomic E-state index is 5.96. The van der Waals surface area contributed by atoms with Gasteiger partial charge in [0.1, 0.15) is 6.61 Å². The van der Waals surface area contributed by atoms with Crippen molar-refractivity contribution in [3.63, 3.8) is 0 Å². The highest BCUT2D eigenvalue weighted by Crippen LogP contribution is 2.29. The fourth-order valence-electron chi connectivity index (χ4n) is 2.58. The smallest absolute Gasteiger partial charge is 0.209 e. The average molecular weight is 435 g/mol. The minimum absolute atomic E-state index is 0. The Morgan fingerprint density at radius 1 is 1.03 bits per heavy atom. The minimum atomic E-state index is 0. The topological polar surface area (TPSA) is 74.1 Å². The molecule has 0 spiro atoms. The Kier molecular flexibility index (Phi) is 9.76. The van der Waals surface area contributed by atoms with Gasteiger partial charge in [-0.2, -0.15) is 0 Å². The fraction of sp³-hybridized carbons (Fsp3) is 0.350. The molecule has 2 aromatic carbocycles. The highest BCUT2D eigenvalue weighted by molar-refractivity contribution is 7.99. The summed E-state index contributed by atoms with van der Waals surface area (Å²) >= 11 is 1.63. The molecule has 1 N–H and O–H groups in total. The van der Waals surface area contributed by atoms with Crippen LogP contribution in [-0.4, -0.2) is 39.1 Å². The van der Waals surface area contributed by atoms with E-state index in [4.69, 9.17) is 9.47 Å².